The molecule has 17 heavy (non-hydrogen) atoms. The van der Waals surface area contributed by atoms with Gasteiger partial charge < -0.3 is 0 Å². The highest BCUT2D eigenvalue weighted by molar-refractivity contribution is 14.1. The maximum Gasteiger partial charge on any atom is 0.00891 e. The molecule has 2 heteroatoms. The molecule has 1 heterocycles. The summed E-state index contributed by atoms with van der Waals surface area (Å²) in [4.78, 5) is 3.42. The summed E-state index contributed by atoms with van der Waals surface area (Å²) >= 11 is 3.99. The predicted molar refractivity (Wildman–Crippen MR) is 87.7 cm³/mol. The second-order valence-corrected chi connectivity index (χ2v) is 5.15. The number of aryl methyl sites for hydroxylation is 3. The zero-order valence-electron chi connectivity index (χ0n) is 10.9. The van der Waals surface area contributed by atoms with E-state index in [1.807, 2.05) is 16.3 Å². The molecule has 0 N–H and O–H groups in total. The van der Waals surface area contributed by atoms with E-state index in [2.05, 4.69) is 73.0 Å². The van der Waals surface area contributed by atoms with Crippen LogP contribution in [0.2, 0.25) is 0 Å². The Hall–Kier alpha value is -0.350. The molecule has 0 nitrogen and oxygen atoms in total. The van der Waals surface area contributed by atoms with Gasteiger partial charge in [-0.1, -0.05) is 40.8 Å². The first-order valence-corrected chi connectivity index (χ1v) is 8.67. The largest absolute Gasteiger partial charge is 0.149 e. The van der Waals surface area contributed by atoms with E-state index >= 15 is 0 Å². The lowest BCUT2D eigenvalue weighted by Gasteiger charge is -2.08. The van der Waals surface area contributed by atoms with Crippen molar-refractivity contribution in [2.75, 3.05) is 4.93 Å². The van der Waals surface area contributed by atoms with Crippen LogP contribution in [-0.4, -0.2) is 4.93 Å². The van der Waals surface area contributed by atoms with Crippen LogP contribution < -0.4 is 0 Å². The van der Waals surface area contributed by atoms with Crippen molar-refractivity contribution < 1.29 is 0 Å². The van der Waals surface area contributed by atoms with Gasteiger partial charge in [0.2, 0.25) is 0 Å². The lowest BCUT2D eigenvalue weighted by molar-refractivity contribution is 1.16. The van der Waals surface area contributed by atoms with Gasteiger partial charge >= 0.3 is 0 Å². The van der Waals surface area contributed by atoms with E-state index in [-0.39, 0.29) is 0 Å². The molecule has 1 aromatic heterocycles. The molecule has 0 aliphatic heterocycles. The third-order valence-electron chi connectivity index (χ3n) is 2.90. The van der Waals surface area contributed by atoms with Crippen molar-refractivity contribution in [2.45, 2.75) is 27.2 Å². The van der Waals surface area contributed by atoms with Gasteiger partial charge in [-0.3, -0.25) is 0 Å². The van der Waals surface area contributed by atoms with Gasteiger partial charge in [-0.15, -0.1) is 11.3 Å². The summed E-state index contributed by atoms with van der Waals surface area (Å²) in [6.07, 6.45) is 1.07. The fourth-order valence-electron chi connectivity index (χ4n) is 1.81. The standard InChI is InChI=1S/C14H16S.CH3I/c1-10-7-12(3)13(8-11(10)2)9-14-5-4-6-15-14;1-2/h4-8H,9H2,1-3H3;1H3. The van der Waals surface area contributed by atoms with Crippen LogP contribution in [0.25, 0.3) is 0 Å². The Morgan fingerprint density at radius 3 is 2.24 bits per heavy atom. The minimum atomic E-state index is 1.07. The van der Waals surface area contributed by atoms with E-state index in [0.717, 1.165) is 6.42 Å². The van der Waals surface area contributed by atoms with Gasteiger partial charge in [0.05, 0.1) is 0 Å². The Morgan fingerprint density at radius 2 is 1.65 bits per heavy atom. The van der Waals surface area contributed by atoms with Crippen molar-refractivity contribution in [2.24, 2.45) is 0 Å². The highest BCUT2D eigenvalue weighted by Gasteiger charge is 2.03. The Balaban J connectivity index is 0.000000686. The molecular weight excluding hydrogens is 339 g/mol. The van der Waals surface area contributed by atoms with Gasteiger partial charge in [0.25, 0.3) is 0 Å². The lowest BCUT2D eigenvalue weighted by atomic mass is 9.98. The molecule has 0 aliphatic rings. The molecule has 0 radical (unpaired) electrons. The Bertz CT molecular complexity index is 458. The number of thiophene rings is 1. The Morgan fingerprint density at radius 1 is 1.00 bits per heavy atom. The summed E-state index contributed by atoms with van der Waals surface area (Å²) in [5.74, 6) is 0. The van der Waals surface area contributed by atoms with Crippen LogP contribution in [0.5, 0.6) is 0 Å². The van der Waals surface area contributed by atoms with Crippen LogP contribution in [0.1, 0.15) is 27.1 Å². The molecule has 0 spiro atoms. The van der Waals surface area contributed by atoms with Gasteiger partial charge in [0.15, 0.2) is 0 Å². The molecule has 0 bridgehead atoms. The van der Waals surface area contributed by atoms with E-state index in [4.69, 9.17) is 0 Å². The van der Waals surface area contributed by atoms with E-state index in [1.165, 1.54) is 27.1 Å². The predicted octanol–water partition coefficient (Wildman–Crippen LogP) is 5.32. The smallest absolute Gasteiger partial charge is 0.00891 e. The molecule has 0 fully saturated rings. The van der Waals surface area contributed by atoms with Gasteiger partial charge in [0, 0.05) is 11.3 Å². The Labute approximate surface area is 122 Å². The van der Waals surface area contributed by atoms with Crippen LogP contribution in [0.15, 0.2) is 29.6 Å². The molecule has 0 saturated heterocycles. The monoisotopic (exact) mass is 358 g/mol. The van der Waals surface area contributed by atoms with Crippen LogP contribution in [0, 0.1) is 20.8 Å². The van der Waals surface area contributed by atoms with Gasteiger partial charge in [0.1, 0.15) is 0 Å². The molecule has 0 unspecified atom stereocenters. The third-order valence-corrected chi connectivity index (χ3v) is 3.77. The molecule has 0 aliphatic carbocycles. The van der Waals surface area contributed by atoms with E-state index < -0.39 is 0 Å². The van der Waals surface area contributed by atoms with Crippen molar-refractivity contribution in [3.63, 3.8) is 0 Å². The number of benzene rings is 1. The van der Waals surface area contributed by atoms with Gasteiger partial charge in [-0.2, -0.15) is 0 Å². The van der Waals surface area contributed by atoms with Gasteiger partial charge in [-0.05, 0) is 59.4 Å². The molecule has 2 aromatic rings. The molecule has 0 atom stereocenters. The average Bonchev–Trinajstić information content (AvgIpc) is 2.81. The highest BCUT2D eigenvalue weighted by Crippen LogP contribution is 2.20. The fraction of sp³-hybridized carbons (Fsp3) is 0.333. The zero-order chi connectivity index (χ0) is 12.8. The maximum atomic E-state index is 2.32. The van der Waals surface area contributed by atoms with Crippen LogP contribution in [-0.2, 0) is 6.42 Å². The molecule has 1 aromatic carbocycles. The normalized spacial score (nSPS) is 9.71. The van der Waals surface area contributed by atoms with Crippen LogP contribution in [0.4, 0.5) is 0 Å². The van der Waals surface area contributed by atoms with Crippen molar-refractivity contribution in [3.05, 3.63) is 56.8 Å². The SMILES string of the molecule is CI.Cc1cc(C)c(Cc2cccs2)cc1C. The van der Waals surface area contributed by atoms with E-state index in [9.17, 15) is 0 Å². The second kappa shape index (κ2) is 7.17. The summed E-state index contributed by atoms with van der Waals surface area (Å²) in [5, 5.41) is 2.14. The van der Waals surface area contributed by atoms with E-state index in [1.54, 1.807) is 0 Å². The molecular formula is C15H19IS. The van der Waals surface area contributed by atoms with Crippen molar-refractivity contribution in [1.29, 1.82) is 0 Å². The minimum Gasteiger partial charge on any atom is -0.149 e. The van der Waals surface area contributed by atoms with Gasteiger partial charge in [-0.25, -0.2) is 0 Å². The first-order valence-electron chi connectivity index (χ1n) is 5.63. The third kappa shape index (κ3) is 4.11. The summed E-state index contributed by atoms with van der Waals surface area (Å²) in [7, 11) is 0. The second-order valence-electron chi connectivity index (χ2n) is 4.12. The quantitative estimate of drug-likeness (QED) is 0.504. The van der Waals surface area contributed by atoms with Crippen molar-refractivity contribution in [3.8, 4) is 0 Å². The van der Waals surface area contributed by atoms with Crippen molar-refractivity contribution >= 4 is 33.9 Å². The summed E-state index contributed by atoms with van der Waals surface area (Å²) < 4.78 is 0. The highest BCUT2D eigenvalue weighted by atomic mass is 127. The lowest BCUT2D eigenvalue weighted by Crippen LogP contribution is -1.93. The molecule has 92 valence electrons. The topological polar surface area (TPSA) is 0 Å². The molecule has 2 rings (SSSR count). The van der Waals surface area contributed by atoms with Crippen molar-refractivity contribution in [1.82, 2.24) is 0 Å². The first-order chi connectivity index (χ1) is 8.16. The molecule has 0 saturated carbocycles. The minimum absolute atomic E-state index is 1.07. The fourth-order valence-corrected chi connectivity index (χ4v) is 2.54. The zero-order valence-corrected chi connectivity index (χ0v) is 13.9. The number of rotatable bonds is 2. The molecule has 0 amide bonds. The number of hydrogen-bond donors (Lipinski definition) is 0. The summed E-state index contributed by atoms with van der Waals surface area (Å²) in [6.45, 7) is 6.57. The average molecular weight is 358 g/mol. The van der Waals surface area contributed by atoms with Crippen LogP contribution >= 0.6 is 33.9 Å². The summed E-state index contributed by atoms with van der Waals surface area (Å²) in [5.41, 5.74) is 5.65. The van der Waals surface area contributed by atoms with Crippen LogP contribution in [0.3, 0.4) is 0 Å². The summed E-state index contributed by atoms with van der Waals surface area (Å²) in [6, 6.07) is 8.94. The maximum absolute atomic E-state index is 2.32. The number of hydrogen-bond acceptors (Lipinski definition) is 1. The first kappa shape index (κ1) is 14.7. The number of alkyl halides is 1. The number of halogens is 1. The van der Waals surface area contributed by atoms with E-state index in [0.29, 0.717) is 0 Å². The Kier molecular flexibility index (Phi) is 6.20.